The first kappa shape index (κ1) is 30.7. The highest BCUT2D eigenvalue weighted by atomic mass is 14.8. The van der Waals surface area contributed by atoms with Crippen LogP contribution in [0.4, 0.5) is 0 Å². The Bertz CT molecular complexity index is 335. The number of hydrogen-bond acceptors (Lipinski definition) is 1. The van der Waals surface area contributed by atoms with Crippen molar-refractivity contribution in [3.8, 4) is 0 Å². The summed E-state index contributed by atoms with van der Waals surface area (Å²) in [6.07, 6.45) is 37.6. The van der Waals surface area contributed by atoms with Gasteiger partial charge in [-0.1, -0.05) is 142 Å². The van der Waals surface area contributed by atoms with Gasteiger partial charge in [0.1, 0.15) is 0 Å². The van der Waals surface area contributed by atoms with E-state index in [-0.39, 0.29) is 0 Å². The van der Waals surface area contributed by atoms with Crippen LogP contribution in [0, 0.1) is 5.92 Å². The molecule has 31 heavy (non-hydrogen) atoms. The van der Waals surface area contributed by atoms with Crippen molar-refractivity contribution in [1.29, 1.82) is 0 Å². The standard InChI is InChI=1S/C30H61N/c1-4-6-8-10-12-13-14-15-16-17-18-19-21-23-25-27-30(28-29-31-3)26-24-22-20-11-9-7-5-2/h15-16,30-31H,4-14,17-29H2,1-3H3/b16-15-. The number of rotatable bonds is 26. The highest BCUT2D eigenvalue weighted by molar-refractivity contribution is 4.81. The predicted molar refractivity (Wildman–Crippen MR) is 144 cm³/mol. The second-order valence-electron chi connectivity index (χ2n) is 10.0. The van der Waals surface area contributed by atoms with Crippen LogP contribution in [0.25, 0.3) is 0 Å². The molecule has 0 rings (SSSR count). The SMILES string of the molecule is CCCCCCCC/C=C\CCCCCCCC(CCCCCCCCC)CCNC. The molecule has 0 aliphatic heterocycles. The minimum Gasteiger partial charge on any atom is -0.320 e. The minimum absolute atomic E-state index is 0.966. The molecule has 0 aliphatic carbocycles. The Kier molecular flexibility index (Phi) is 27.5. The quantitative estimate of drug-likeness (QED) is 0.105. The van der Waals surface area contributed by atoms with Gasteiger partial charge in [-0.3, -0.25) is 0 Å². The van der Waals surface area contributed by atoms with E-state index >= 15 is 0 Å². The van der Waals surface area contributed by atoms with Gasteiger partial charge in [0.25, 0.3) is 0 Å². The number of unbranched alkanes of at least 4 members (excludes halogenated alkanes) is 17. The molecule has 1 atom stereocenters. The van der Waals surface area contributed by atoms with Crippen molar-refractivity contribution in [1.82, 2.24) is 5.32 Å². The monoisotopic (exact) mass is 435 g/mol. The van der Waals surface area contributed by atoms with E-state index in [1.54, 1.807) is 0 Å². The van der Waals surface area contributed by atoms with E-state index < -0.39 is 0 Å². The fraction of sp³-hybridized carbons (Fsp3) is 0.933. The summed E-state index contributed by atoms with van der Waals surface area (Å²) in [4.78, 5) is 0. The summed E-state index contributed by atoms with van der Waals surface area (Å²) in [6, 6.07) is 0. The minimum atomic E-state index is 0.966. The summed E-state index contributed by atoms with van der Waals surface area (Å²) >= 11 is 0. The van der Waals surface area contributed by atoms with E-state index in [2.05, 4.69) is 38.4 Å². The average molecular weight is 436 g/mol. The third-order valence-corrected chi connectivity index (χ3v) is 6.89. The normalized spacial score (nSPS) is 12.7. The average Bonchev–Trinajstić information content (AvgIpc) is 2.78. The summed E-state index contributed by atoms with van der Waals surface area (Å²) in [6.45, 7) is 5.80. The van der Waals surface area contributed by atoms with Crippen LogP contribution in [0.1, 0.15) is 162 Å². The molecule has 0 aromatic heterocycles. The maximum atomic E-state index is 3.37. The summed E-state index contributed by atoms with van der Waals surface area (Å²) < 4.78 is 0. The molecule has 0 heterocycles. The lowest BCUT2D eigenvalue weighted by Crippen LogP contribution is -2.13. The van der Waals surface area contributed by atoms with Gasteiger partial charge in [-0.25, -0.2) is 0 Å². The third kappa shape index (κ3) is 25.8. The maximum absolute atomic E-state index is 3.37. The molecular formula is C30H61N. The lowest BCUT2D eigenvalue weighted by atomic mass is 9.91. The molecule has 0 aromatic carbocycles. The molecular weight excluding hydrogens is 374 g/mol. The maximum Gasteiger partial charge on any atom is -0.00493 e. The second kappa shape index (κ2) is 27.7. The van der Waals surface area contributed by atoms with Crippen molar-refractivity contribution in [3.05, 3.63) is 12.2 Å². The van der Waals surface area contributed by atoms with Gasteiger partial charge in [0.05, 0.1) is 0 Å². The van der Waals surface area contributed by atoms with Crippen molar-refractivity contribution >= 4 is 0 Å². The molecule has 0 saturated carbocycles. The summed E-state index contributed by atoms with van der Waals surface area (Å²) in [7, 11) is 2.10. The van der Waals surface area contributed by atoms with Gasteiger partial charge < -0.3 is 5.32 Å². The molecule has 0 spiro atoms. The van der Waals surface area contributed by atoms with Crippen molar-refractivity contribution in [2.45, 2.75) is 162 Å². The zero-order valence-corrected chi connectivity index (χ0v) is 22.2. The van der Waals surface area contributed by atoms with Crippen LogP contribution in [0.15, 0.2) is 12.2 Å². The van der Waals surface area contributed by atoms with Gasteiger partial charge in [-0.05, 0) is 51.6 Å². The Morgan fingerprint density at radius 2 is 0.871 bits per heavy atom. The van der Waals surface area contributed by atoms with Crippen LogP contribution in [0.2, 0.25) is 0 Å². The van der Waals surface area contributed by atoms with Crippen LogP contribution < -0.4 is 5.32 Å². The van der Waals surface area contributed by atoms with E-state index in [1.807, 2.05) is 0 Å². The van der Waals surface area contributed by atoms with Crippen molar-refractivity contribution < 1.29 is 0 Å². The highest BCUT2D eigenvalue weighted by Gasteiger charge is 2.08. The third-order valence-electron chi connectivity index (χ3n) is 6.89. The van der Waals surface area contributed by atoms with E-state index in [9.17, 15) is 0 Å². The lowest BCUT2D eigenvalue weighted by Gasteiger charge is -2.16. The van der Waals surface area contributed by atoms with Gasteiger partial charge in [0, 0.05) is 0 Å². The number of hydrogen-bond donors (Lipinski definition) is 1. The smallest absolute Gasteiger partial charge is 0.00493 e. The van der Waals surface area contributed by atoms with Crippen molar-refractivity contribution in [2.24, 2.45) is 5.92 Å². The summed E-state index contributed by atoms with van der Waals surface area (Å²) in [5.74, 6) is 0.966. The van der Waals surface area contributed by atoms with Crippen molar-refractivity contribution in [2.75, 3.05) is 13.6 Å². The van der Waals surface area contributed by atoms with Crippen LogP contribution in [0.3, 0.4) is 0 Å². The van der Waals surface area contributed by atoms with Crippen LogP contribution in [0.5, 0.6) is 0 Å². The molecule has 0 bridgehead atoms. The summed E-state index contributed by atoms with van der Waals surface area (Å²) in [5.41, 5.74) is 0. The number of allylic oxidation sites excluding steroid dienone is 2. The molecule has 1 heteroatoms. The topological polar surface area (TPSA) is 12.0 Å². The fourth-order valence-corrected chi connectivity index (χ4v) is 4.68. The Morgan fingerprint density at radius 3 is 1.29 bits per heavy atom. The predicted octanol–water partition coefficient (Wildman–Crippen LogP) is 10.4. The molecule has 186 valence electrons. The van der Waals surface area contributed by atoms with E-state index in [0.717, 1.165) is 5.92 Å². The van der Waals surface area contributed by atoms with Crippen molar-refractivity contribution in [3.63, 3.8) is 0 Å². The van der Waals surface area contributed by atoms with Gasteiger partial charge in [-0.15, -0.1) is 0 Å². The Labute approximate surface area is 198 Å². The van der Waals surface area contributed by atoms with Crippen LogP contribution in [-0.4, -0.2) is 13.6 Å². The Hall–Kier alpha value is -0.300. The first-order valence-electron chi connectivity index (χ1n) is 14.6. The zero-order valence-electron chi connectivity index (χ0n) is 22.2. The first-order valence-corrected chi connectivity index (χ1v) is 14.6. The molecule has 1 N–H and O–H groups in total. The van der Waals surface area contributed by atoms with E-state index in [0.29, 0.717) is 0 Å². The molecule has 1 unspecified atom stereocenters. The lowest BCUT2D eigenvalue weighted by molar-refractivity contribution is 0.377. The van der Waals surface area contributed by atoms with Crippen LogP contribution >= 0.6 is 0 Å². The second-order valence-corrected chi connectivity index (χ2v) is 10.0. The zero-order chi connectivity index (χ0) is 22.7. The first-order chi connectivity index (χ1) is 15.3. The molecule has 0 saturated heterocycles. The van der Waals surface area contributed by atoms with Gasteiger partial charge in [0.2, 0.25) is 0 Å². The fourth-order valence-electron chi connectivity index (χ4n) is 4.68. The van der Waals surface area contributed by atoms with Gasteiger partial charge >= 0.3 is 0 Å². The largest absolute Gasteiger partial charge is 0.320 e. The number of nitrogens with one attached hydrogen (secondary N) is 1. The Balaban J connectivity index is 3.51. The highest BCUT2D eigenvalue weighted by Crippen LogP contribution is 2.22. The molecule has 1 nitrogen and oxygen atoms in total. The van der Waals surface area contributed by atoms with E-state index in [1.165, 1.54) is 154 Å². The molecule has 0 aromatic rings. The summed E-state index contributed by atoms with van der Waals surface area (Å²) in [5, 5.41) is 3.37. The van der Waals surface area contributed by atoms with Gasteiger partial charge in [0.15, 0.2) is 0 Å². The molecule has 0 fully saturated rings. The Morgan fingerprint density at radius 1 is 0.484 bits per heavy atom. The van der Waals surface area contributed by atoms with E-state index in [4.69, 9.17) is 0 Å². The molecule has 0 aliphatic rings. The molecule has 0 amide bonds. The van der Waals surface area contributed by atoms with Gasteiger partial charge in [-0.2, -0.15) is 0 Å². The van der Waals surface area contributed by atoms with Crippen LogP contribution in [-0.2, 0) is 0 Å². The molecule has 0 radical (unpaired) electrons.